The van der Waals surface area contributed by atoms with Crippen LogP contribution in [0.5, 0.6) is 0 Å². The third kappa shape index (κ3) is 2.64. The molecule has 1 aromatic heterocycles. The summed E-state index contributed by atoms with van der Waals surface area (Å²) in [5.41, 5.74) is 0. The maximum Gasteiger partial charge on any atom is 0.244 e. The van der Waals surface area contributed by atoms with E-state index in [1.165, 1.54) is 6.20 Å². The van der Waals surface area contributed by atoms with Crippen LogP contribution >= 0.6 is 31.9 Å². The van der Waals surface area contributed by atoms with E-state index in [4.69, 9.17) is 0 Å². The normalized spacial score (nSPS) is 25.5. The van der Waals surface area contributed by atoms with Gasteiger partial charge in [0.15, 0.2) is 0 Å². The Hall–Kier alpha value is 0.0200. The molecule has 100 valence electrons. The SMILES string of the molecule is CC1CCN(S(=O)(=O)c2cncc(Br)c2)C1CBr. The summed E-state index contributed by atoms with van der Waals surface area (Å²) in [5.74, 6) is 0.374. The fourth-order valence-electron chi connectivity index (χ4n) is 2.17. The van der Waals surface area contributed by atoms with E-state index in [9.17, 15) is 8.42 Å². The minimum Gasteiger partial charge on any atom is -0.262 e. The van der Waals surface area contributed by atoms with Gasteiger partial charge in [0.05, 0.1) is 0 Å². The molecule has 7 heteroatoms. The third-order valence-electron chi connectivity index (χ3n) is 3.28. The minimum atomic E-state index is -3.44. The Morgan fingerprint density at radius 1 is 1.50 bits per heavy atom. The Labute approximate surface area is 124 Å². The smallest absolute Gasteiger partial charge is 0.244 e. The van der Waals surface area contributed by atoms with E-state index >= 15 is 0 Å². The predicted octanol–water partition coefficient (Wildman–Crippen LogP) is 2.64. The molecule has 2 unspecified atom stereocenters. The van der Waals surface area contributed by atoms with Crippen molar-refractivity contribution in [2.75, 3.05) is 11.9 Å². The monoisotopic (exact) mass is 396 g/mol. The maximum absolute atomic E-state index is 12.5. The zero-order chi connectivity index (χ0) is 13.3. The van der Waals surface area contributed by atoms with Gasteiger partial charge < -0.3 is 0 Å². The van der Waals surface area contributed by atoms with Crippen molar-refractivity contribution in [1.82, 2.24) is 9.29 Å². The number of rotatable bonds is 3. The molecule has 0 aromatic carbocycles. The summed E-state index contributed by atoms with van der Waals surface area (Å²) in [7, 11) is -3.44. The second-order valence-electron chi connectivity index (χ2n) is 4.44. The molecule has 0 spiro atoms. The molecule has 1 saturated heterocycles. The van der Waals surface area contributed by atoms with Gasteiger partial charge in [0.2, 0.25) is 10.0 Å². The van der Waals surface area contributed by atoms with Crippen molar-refractivity contribution >= 4 is 41.9 Å². The molecule has 0 aliphatic carbocycles. The lowest BCUT2D eigenvalue weighted by Gasteiger charge is -2.24. The number of nitrogens with zero attached hydrogens (tertiary/aromatic N) is 2. The molecular formula is C11H14Br2N2O2S. The summed E-state index contributed by atoms with van der Waals surface area (Å²) in [4.78, 5) is 4.17. The number of hydrogen-bond donors (Lipinski definition) is 0. The Kier molecular flexibility index (Phi) is 4.46. The maximum atomic E-state index is 12.5. The topological polar surface area (TPSA) is 50.3 Å². The van der Waals surface area contributed by atoms with Crippen molar-refractivity contribution in [3.8, 4) is 0 Å². The zero-order valence-corrected chi connectivity index (χ0v) is 13.9. The van der Waals surface area contributed by atoms with Gasteiger partial charge in [-0.2, -0.15) is 4.31 Å². The molecule has 2 rings (SSSR count). The summed E-state index contributed by atoms with van der Waals surface area (Å²) in [5, 5.41) is 0.662. The number of aromatic nitrogens is 1. The van der Waals surface area contributed by atoms with E-state index < -0.39 is 10.0 Å². The Bertz CT molecular complexity index is 536. The molecule has 0 N–H and O–H groups in total. The zero-order valence-electron chi connectivity index (χ0n) is 9.88. The molecule has 18 heavy (non-hydrogen) atoms. The van der Waals surface area contributed by atoms with Gasteiger partial charge in [-0.15, -0.1) is 0 Å². The number of pyridine rings is 1. The molecule has 1 fully saturated rings. The minimum absolute atomic E-state index is 0.0222. The first-order valence-electron chi connectivity index (χ1n) is 5.65. The molecule has 1 aromatic rings. The van der Waals surface area contributed by atoms with Crippen LogP contribution in [0.25, 0.3) is 0 Å². The number of sulfonamides is 1. The molecule has 4 nitrogen and oxygen atoms in total. The fraction of sp³-hybridized carbons (Fsp3) is 0.545. The highest BCUT2D eigenvalue weighted by molar-refractivity contribution is 9.10. The lowest BCUT2D eigenvalue weighted by molar-refractivity contribution is 0.378. The predicted molar refractivity (Wildman–Crippen MR) is 77.2 cm³/mol. The highest BCUT2D eigenvalue weighted by Gasteiger charge is 2.38. The van der Waals surface area contributed by atoms with Gasteiger partial charge in [-0.25, -0.2) is 8.42 Å². The molecule has 0 saturated carbocycles. The van der Waals surface area contributed by atoms with E-state index in [0.29, 0.717) is 22.3 Å². The van der Waals surface area contributed by atoms with Crippen molar-refractivity contribution in [2.24, 2.45) is 5.92 Å². The molecule has 0 amide bonds. The van der Waals surface area contributed by atoms with E-state index in [1.807, 2.05) is 0 Å². The van der Waals surface area contributed by atoms with Gasteiger partial charge >= 0.3 is 0 Å². The quantitative estimate of drug-likeness (QED) is 0.736. The average molecular weight is 398 g/mol. The first-order chi connectivity index (χ1) is 8.46. The van der Waals surface area contributed by atoms with Crippen LogP contribution in [-0.4, -0.2) is 35.6 Å². The van der Waals surface area contributed by atoms with Crippen molar-refractivity contribution in [2.45, 2.75) is 24.3 Å². The molecular weight excluding hydrogens is 384 g/mol. The van der Waals surface area contributed by atoms with Crippen LogP contribution < -0.4 is 0 Å². The molecule has 1 aliphatic rings. The fourth-order valence-corrected chi connectivity index (χ4v) is 5.59. The van der Waals surface area contributed by atoms with Gasteiger partial charge in [0, 0.05) is 34.8 Å². The van der Waals surface area contributed by atoms with Gasteiger partial charge in [0.1, 0.15) is 4.90 Å². The van der Waals surface area contributed by atoms with E-state index in [0.717, 1.165) is 6.42 Å². The summed E-state index contributed by atoms with van der Waals surface area (Å²) >= 11 is 6.66. The van der Waals surface area contributed by atoms with E-state index in [-0.39, 0.29) is 10.9 Å². The van der Waals surface area contributed by atoms with Crippen LogP contribution in [-0.2, 0) is 10.0 Å². The van der Waals surface area contributed by atoms with Crippen LogP contribution in [0.3, 0.4) is 0 Å². The van der Waals surface area contributed by atoms with Crippen LogP contribution in [0.2, 0.25) is 0 Å². The Balaban J connectivity index is 2.37. The average Bonchev–Trinajstić information content (AvgIpc) is 2.71. The van der Waals surface area contributed by atoms with E-state index in [2.05, 4.69) is 43.8 Å². The molecule has 2 heterocycles. The third-order valence-corrected chi connectivity index (χ3v) is 6.26. The lowest BCUT2D eigenvalue weighted by Crippen LogP contribution is -2.38. The van der Waals surface area contributed by atoms with Gasteiger partial charge in [0.25, 0.3) is 0 Å². The molecule has 0 bridgehead atoms. The molecule has 1 aliphatic heterocycles. The second kappa shape index (κ2) is 5.56. The van der Waals surface area contributed by atoms with Crippen molar-refractivity contribution in [1.29, 1.82) is 0 Å². The number of halogens is 2. The molecule has 0 radical (unpaired) electrons. The van der Waals surface area contributed by atoms with Crippen molar-refractivity contribution in [3.63, 3.8) is 0 Å². The van der Waals surface area contributed by atoms with Crippen molar-refractivity contribution < 1.29 is 8.42 Å². The van der Waals surface area contributed by atoms with Crippen LogP contribution in [0.4, 0.5) is 0 Å². The molecule has 2 atom stereocenters. The number of alkyl halides is 1. The highest BCUT2D eigenvalue weighted by Crippen LogP contribution is 2.31. The summed E-state index contributed by atoms with van der Waals surface area (Å²) in [6.45, 7) is 2.66. The summed E-state index contributed by atoms with van der Waals surface area (Å²) in [6.07, 6.45) is 3.87. The first kappa shape index (κ1) is 14.4. The number of hydrogen-bond acceptors (Lipinski definition) is 3. The van der Waals surface area contributed by atoms with Crippen LogP contribution in [0.1, 0.15) is 13.3 Å². The second-order valence-corrected chi connectivity index (χ2v) is 7.90. The summed E-state index contributed by atoms with van der Waals surface area (Å²) < 4.78 is 27.3. The Morgan fingerprint density at radius 3 is 2.83 bits per heavy atom. The van der Waals surface area contributed by atoms with Gasteiger partial charge in [-0.05, 0) is 34.3 Å². The Morgan fingerprint density at radius 2 is 2.22 bits per heavy atom. The van der Waals surface area contributed by atoms with Crippen molar-refractivity contribution in [3.05, 3.63) is 22.9 Å². The first-order valence-corrected chi connectivity index (χ1v) is 9.00. The highest BCUT2D eigenvalue weighted by atomic mass is 79.9. The van der Waals surface area contributed by atoms with Crippen LogP contribution in [0.15, 0.2) is 27.8 Å². The van der Waals surface area contributed by atoms with Gasteiger partial charge in [-0.1, -0.05) is 22.9 Å². The largest absolute Gasteiger partial charge is 0.262 e. The summed E-state index contributed by atoms with van der Waals surface area (Å²) in [6, 6.07) is 1.62. The standard InChI is InChI=1S/C11H14Br2N2O2S/c1-8-2-3-15(11(8)5-12)18(16,17)10-4-9(13)6-14-7-10/h4,6-8,11H,2-3,5H2,1H3. The van der Waals surface area contributed by atoms with Crippen LogP contribution in [0, 0.1) is 5.92 Å². The van der Waals surface area contributed by atoms with Gasteiger partial charge in [-0.3, -0.25) is 4.98 Å². The van der Waals surface area contributed by atoms with E-state index in [1.54, 1.807) is 16.6 Å². The lowest BCUT2D eigenvalue weighted by atomic mass is 10.1.